The molecule has 0 N–H and O–H groups in total. The lowest BCUT2D eigenvalue weighted by molar-refractivity contribution is -0.308. The normalized spacial score (nSPS) is 21.0. The van der Waals surface area contributed by atoms with Crippen LogP contribution in [0.25, 0.3) is 0 Å². The number of unbranched alkanes of at least 4 members (excludes halogenated alkanes) is 8. The predicted octanol–water partition coefficient (Wildman–Crippen LogP) is 5.07. The highest BCUT2D eigenvalue weighted by Crippen LogP contribution is 2.30. The van der Waals surface area contributed by atoms with E-state index in [0.717, 1.165) is 32.4 Å². The molecule has 1 saturated heterocycles. The van der Waals surface area contributed by atoms with Gasteiger partial charge < -0.3 is 37.9 Å². The van der Waals surface area contributed by atoms with Gasteiger partial charge in [0, 0.05) is 27.7 Å². The van der Waals surface area contributed by atoms with Crippen LogP contribution in [0.5, 0.6) is 11.5 Å². The standard InChI is InChI=1S/C33H50O12/c1-6-7-8-9-10-11-12-13-14-19-38-27-15-17-28(18-16-27)39-20-21-40-33-32(44-26(5)37)31(43-25(4)36)30(42-24(3)35)29(45-33)22-41-23(2)34/h15-18,29-33H,6-14,19-22H2,1-5H3/t29-,30+,31+,32-,33-/m1/s1. The van der Waals surface area contributed by atoms with Crippen LogP contribution in [0.1, 0.15) is 92.4 Å². The van der Waals surface area contributed by atoms with Gasteiger partial charge in [-0.2, -0.15) is 0 Å². The van der Waals surface area contributed by atoms with Gasteiger partial charge in [-0.25, -0.2) is 0 Å². The van der Waals surface area contributed by atoms with Crippen LogP contribution in [0.3, 0.4) is 0 Å². The van der Waals surface area contributed by atoms with Crippen molar-refractivity contribution in [1.29, 1.82) is 0 Å². The van der Waals surface area contributed by atoms with Crippen molar-refractivity contribution >= 4 is 23.9 Å². The second-order valence-corrected chi connectivity index (χ2v) is 10.9. The maximum Gasteiger partial charge on any atom is 0.303 e. The van der Waals surface area contributed by atoms with Gasteiger partial charge in [-0.3, -0.25) is 19.2 Å². The fraction of sp³-hybridized carbons (Fsp3) is 0.697. The molecule has 45 heavy (non-hydrogen) atoms. The smallest absolute Gasteiger partial charge is 0.303 e. The van der Waals surface area contributed by atoms with Crippen LogP contribution in [0.4, 0.5) is 0 Å². The molecular weight excluding hydrogens is 588 g/mol. The number of benzene rings is 1. The zero-order valence-electron chi connectivity index (χ0n) is 27.3. The molecule has 0 radical (unpaired) electrons. The van der Waals surface area contributed by atoms with Crippen LogP contribution in [0.15, 0.2) is 24.3 Å². The zero-order valence-corrected chi connectivity index (χ0v) is 27.3. The third kappa shape index (κ3) is 15.5. The first kappa shape index (κ1) is 37.8. The van der Waals surface area contributed by atoms with Crippen molar-refractivity contribution in [1.82, 2.24) is 0 Å². The third-order valence-corrected chi connectivity index (χ3v) is 6.92. The molecule has 5 atom stereocenters. The number of carbonyl (C=O) groups is 4. The molecule has 254 valence electrons. The molecule has 1 aliphatic rings. The molecule has 0 aromatic heterocycles. The van der Waals surface area contributed by atoms with Gasteiger partial charge in [0.2, 0.25) is 0 Å². The molecule has 12 heteroatoms. The predicted molar refractivity (Wildman–Crippen MR) is 163 cm³/mol. The molecule has 2 rings (SSSR count). The van der Waals surface area contributed by atoms with Crippen molar-refractivity contribution in [3.63, 3.8) is 0 Å². The maximum absolute atomic E-state index is 11.9. The number of hydrogen-bond acceptors (Lipinski definition) is 12. The van der Waals surface area contributed by atoms with E-state index in [0.29, 0.717) is 12.4 Å². The van der Waals surface area contributed by atoms with Gasteiger partial charge in [0.05, 0.1) is 13.2 Å². The van der Waals surface area contributed by atoms with Crippen LogP contribution in [0, 0.1) is 0 Å². The zero-order chi connectivity index (χ0) is 33.0. The second-order valence-electron chi connectivity index (χ2n) is 10.9. The van der Waals surface area contributed by atoms with Crippen molar-refractivity contribution in [2.75, 3.05) is 26.4 Å². The van der Waals surface area contributed by atoms with E-state index in [1.165, 1.54) is 58.8 Å². The van der Waals surface area contributed by atoms with E-state index in [9.17, 15) is 19.2 Å². The van der Waals surface area contributed by atoms with Gasteiger partial charge >= 0.3 is 23.9 Å². The Morgan fingerprint density at radius 3 is 1.62 bits per heavy atom. The highest BCUT2D eigenvalue weighted by Gasteiger charge is 2.52. The lowest BCUT2D eigenvalue weighted by Gasteiger charge is -2.44. The number of carbonyl (C=O) groups excluding carboxylic acids is 4. The maximum atomic E-state index is 11.9. The second kappa shape index (κ2) is 21.4. The van der Waals surface area contributed by atoms with Gasteiger partial charge in [-0.1, -0.05) is 58.3 Å². The largest absolute Gasteiger partial charge is 0.494 e. The highest BCUT2D eigenvalue weighted by molar-refractivity contribution is 5.68. The SMILES string of the molecule is CCCCCCCCCCCOc1ccc(OCCO[C@@H]2O[C@H](COC(C)=O)[C@H](OC(C)=O)[C@H](OC(C)=O)[C@H]2OC(C)=O)cc1. The summed E-state index contributed by atoms with van der Waals surface area (Å²) < 4.78 is 44.6. The van der Waals surface area contributed by atoms with E-state index in [1.807, 2.05) is 12.1 Å². The Morgan fingerprint density at radius 2 is 1.09 bits per heavy atom. The minimum atomic E-state index is -1.29. The Balaban J connectivity index is 1.88. The fourth-order valence-electron chi connectivity index (χ4n) is 4.88. The Kier molecular flexibility index (Phi) is 18.0. The van der Waals surface area contributed by atoms with E-state index in [1.54, 1.807) is 12.1 Å². The number of ether oxygens (including phenoxy) is 8. The van der Waals surface area contributed by atoms with Crippen LogP contribution >= 0.6 is 0 Å². The van der Waals surface area contributed by atoms with Gasteiger partial charge in [-0.05, 0) is 30.7 Å². The van der Waals surface area contributed by atoms with Gasteiger partial charge in [0.1, 0.15) is 30.8 Å². The molecule has 1 aromatic carbocycles. The molecular formula is C33H50O12. The third-order valence-electron chi connectivity index (χ3n) is 6.92. The van der Waals surface area contributed by atoms with Crippen molar-refractivity contribution in [2.24, 2.45) is 0 Å². The van der Waals surface area contributed by atoms with Crippen molar-refractivity contribution < 1.29 is 57.1 Å². The Labute approximate surface area is 266 Å². The van der Waals surface area contributed by atoms with Crippen molar-refractivity contribution in [3.05, 3.63) is 24.3 Å². The Morgan fingerprint density at radius 1 is 0.600 bits per heavy atom. The molecule has 0 amide bonds. The molecule has 1 heterocycles. The minimum absolute atomic E-state index is 0.00933. The molecule has 0 bridgehead atoms. The Bertz CT molecular complexity index is 1030. The molecule has 0 saturated carbocycles. The Hall–Kier alpha value is -3.38. The summed E-state index contributed by atoms with van der Waals surface area (Å²) in [5.74, 6) is -1.37. The summed E-state index contributed by atoms with van der Waals surface area (Å²) in [5.41, 5.74) is 0. The summed E-state index contributed by atoms with van der Waals surface area (Å²) in [4.78, 5) is 47.2. The first-order valence-corrected chi connectivity index (χ1v) is 15.9. The first-order valence-electron chi connectivity index (χ1n) is 15.9. The number of hydrogen-bond donors (Lipinski definition) is 0. The molecule has 1 aliphatic heterocycles. The van der Waals surface area contributed by atoms with E-state index in [2.05, 4.69) is 6.92 Å². The van der Waals surface area contributed by atoms with E-state index >= 15 is 0 Å². The van der Waals surface area contributed by atoms with Crippen molar-refractivity contribution in [3.8, 4) is 11.5 Å². The average molecular weight is 639 g/mol. The monoisotopic (exact) mass is 638 g/mol. The van der Waals surface area contributed by atoms with Gasteiger partial charge in [-0.15, -0.1) is 0 Å². The van der Waals surface area contributed by atoms with E-state index < -0.39 is 54.6 Å². The number of rotatable bonds is 21. The van der Waals surface area contributed by atoms with E-state index in [-0.39, 0.29) is 19.8 Å². The summed E-state index contributed by atoms with van der Waals surface area (Å²) >= 11 is 0. The lowest BCUT2D eigenvalue weighted by Crippen LogP contribution is -2.63. The topological polar surface area (TPSA) is 142 Å². The van der Waals surface area contributed by atoms with Crippen LogP contribution in [-0.2, 0) is 47.6 Å². The summed E-state index contributed by atoms with van der Waals surface area (Å²) in [6, 6.07) is 7.26. The van der Waals surface area contributed by atoms with Crippen LogP contribution in [0.2, 0.25) is 0 Å². The fourth-order valence-corrected chi connectivity index (χ4v) is 4.88. The summed E-state index contributed by atoms with van der Waals surface area (Å²) in [6.45, 7) is 7.35. The molecule has 0 aliphatic carbocycles. The molecule has 1 aromatic rings. The summed E-state index contributed by atoms with van der Waals surface area (Å²) in [6.07, 6.45) is 5.14. The molecule has 12 nitrogen and oxygen atoms in total. The summed E-state index contributed by atoms with van der Waals surface area (Å²) in [7, 11) is 0. The molecule has 0 unspecified atom stereocenters. The van der Waals surface area contributed by atoms with Crippen molar-refractivity contribution in [2.45, 2.75) is 123 Å². The minimum Gasteiger partial charge on any atom is -0.494 e. The molecule has 0 spiro atoms. The van der Waals surface area contributed by atoms with Gasteiger partial charge in [0.15, 0.2) is 24.6 Å². The first-order chi connectivity index (χ1) is 21.6. The quantitative estimate of drug-likeness (QED) is 0.101. The van der Waals surface area contributed by atoms with Crippen LogP contribution in [-0.4, -0.2) is 81.0 Å². The van der Waals surface area contributed by atoms with Gasteiger partial charge in [0.25, 0.3) is 0 Å². The van der Waals surface area contributed by atoms with Crippen LogP contribution < -0.4 is 9.47 Å². The lowest BCUT2D eigenvalue weighted by atomic mass is 9.98. The average Bonchev–Trinajstić information content (AvgIpc) is 2.98. The highest BCUT2D eigenvalue weighted by atomic mass is 16.7. The van der Waals surface area contributed by atoms with E-state index in [4.69, 9.17) is 37.9 Å². The molecule has 1 fully saturated rings. The summed E-state index contributed by atoms with van der Waals surface area (Å²) in [5, 5.41) is 0. The number of esters is 4.